The van der Waals surface area contributed by atoms with E-state index in [0.717, 1.165) is 47.4 Å². The summed E-state index contributed by atoms with van der Waals surface area (Å²) < 4.78 is 0. The highest BCUT2D eigenvalue weighted by molar-refractivity contribution is 5.83. The summed E-state index contributed by atoms with van der Waals surface area (Å²) >= 11 is 0. The summed E-state index contributed by atoms with van der Waals surface area (Å²) in [6, 6.07) is 4.73. The van der Waals surface area contributed by atoms with Crippen LogP contribution in [0.1, 0.15) is 35.2 Å². The molecule has 4 heteroatoms. The Morgan fingerprint density at radius 3 is 2.54 bits per heavy atom. The van der Waals surface area contributed by atoms with Gasteiger partial charge in [-0.15, -0.1) is 0 Å². The van der Waals surface area contributed by atoms with Crippen molar-refractivity contribution < 1.29 is 0 Å². The smallest absolute Gasteiger partial charge is 0.194 e. The maximum absolute atomic E-state index is 13.1. The average molecular weight is 327 g/mol. The molecule has 1 fully saturated rings. The van der Waals surface area contributed by atoms with E-state index in [0.29, 0.717) is 6.04 Å². The van der Waals surface area contributed by atoms with Gasteiger partial charge in [0.2, 0.25) is 0 Å². The summed E-state index contributed by atoms with van der Waals surface area (Å²) in [7, 11) is 4.33. The Bertz CT molecular complexity index is 801. The molecule has 3 rings (SSSR count). The zero-order valence-corrected chi connectivity index (χ0v) is 15.6. The third kappa shape index (κ3) is 3.26. The molecule has 130 valence electrons. The summed E-state index contributed by atoms with van der Waals surface area (Å²) in [5.41, 5.74) is 5.31. The van der Waals surface area contributed by atoms with Crippen molar-refractivity contribution in [1.29, 1.82) is 0 Å². The number of hydrogen-bond donors (Lipinski definition) is 1. The van der Waals surface area contributed by atoms with Crippen LogP contribution in [0.4, 0.5) is 0 Å². The fourth-order valence-electron chi connectivity index (χ4n) is 3.97. The summed E-state index contributed by atoms with van der Waals surface area (Å²) in [4.78, 5) is 21.3. The molecule has 0 spiro atoms. The van der Waals surface area contributed by atoms with Gasteiger partial charge in [0.25, 0.3) is 0 Å². The number of fused-ring (bicyclic) bond motifs is 1. The van der Waals surface area contributed by atoms with E-state index in [1.165, 1.54) is 18.4 Å². The highest BCUT2D eigenvalue weighted by Gasteiger charge is 2.22. The number of likely N-dealkylation sites (tertiary alicyclic amines) is 1. The monoisotopic (exact) mass is 327 g/mol. The highest BCUT2D eigenvalue weighted by atomic mass is 16.1. The second-order valence-corrected chi connectivity index (χ2v) is 7.51. The molecule has 1 aromatic carbocycles. The van der Waals surface area contributed by atoms with Gasteiger partial charge in [-0.05, 0) is 78.0 Å². The number of nitrogens with zero attached hydrogens (tertiary/aromatic N) is 2. The van der Waals surface area contributed by atoms with Gasteiger partial charge in [0.1, 0.15) is 0 Å². The molecule has 0 amide bonds. The minimum absolute atomic E-state index is 0.193. The normalized spacial score (nSPS) is 17.1. The molecule has 1 aliphatic rings. The molecule has 1 saturated heterocycles. The Morgan fingerprint density at radius 1 is 1.21 bits per heavy atom. The first-order valence-corrected chi connectivity index (χ1v) is 8.88. The molecule has 0 unspecified atom stereocenters. The van der Waals surface area contributed by atoms with Crippen molar-refractivity contribution in [2.24, 2.45) is 0 Å². The number of benzene rings is 1. The number of pyridine rings is 1. The lowest BCUT2D eigenvalue weighted by Gasteiger charge is -2.35. The van der Waals surface area contributed by atoms with Gasteiger partial charge in [0.15, 0.2) is 5.43 Å². The quantitative estimate of drug-likeness (QED) is 0.942. The van der Waals surface area contributed by atoms with Crippen LogP contribution in [0, 0.1) is 20.8 Å². The predicted molar refractivity (Wildman–Crippen MR) is 101 cm³/mol. The zero-order chi connectivity index (χ0) is 17.4. The van der Waals surface area contributed by atoms with Crippen LogP contribution >= 0.6 is 0 Å². The van der Waals surface area contributed by atoms with Crippen molar-refractivity contribution in [2.45, 2.75) is 46.2 Å². The minimum Gasteiger partial charge on any atom is -0.358 e. The lowest BCUT2D eigenvalue weighted by Crippen LogP contribution is -2.42. The molecule has 0 saturated carbocycles. The van der Waals surface area contributed by atoms with Crippen LogP contribution in [0.5, 0.6) is 0 Å². The lowest BCUT2D eigenvalue weighted by atomic mass is 10.0. The number of nitrogens with one attached hydrogen (secondary N) is 1. The van der Waals surface area contributed by atoms with Gasteiger partial charge in [-0.1, -0.05) is 6.07 Å². The van der Waals surface area contributed by atoms with E-state index in [9.17, 15) is 4.79 Å². The van der Waals surface area contributed by atoms with Crippen LogP contribution in [0.15, 0.2) is 16.9 Å². The first-order chi connectivity index (χ1) is 11.4. The van der Waals surface area contributed by atoms with E-state index in [1.54, 1.807) is 0 Å². The molecular formula is C20H29N3O. The van der Waals surface area contributed by atoms with Crippen molar-refractivity contribution in [3.05, 3.63) is 44.7 Å². The van der Waals surface area contributed by atoms with Crippen LogP contribution in [0.25, 0.3) is 10.9 Å². The first kappa shape index (κ1) is 17.2. The number of hydrogen-bond acceptors (Lipinski definition) is 3. The van der Waals surface area contributed by atoms with Crippen LogP contribution < -0.4 is 5.43 Å². The summed E-state index contributed by atoms with van der Waals surface area (Å²) in [6.45, 7) is 9.13. The highest BCUT2D eigenvalue weighted by Crippen LogP contribution is 2.20. The average Bonchev–Trinajstić information content (AvgIpc) is 2.50. The zero-order valence-electron chi connectivity index (χ0n) is 15.6. The lowest BCUT2D eigenvalue weighted by molar-refractivity contribution is 0.139. The van der Waals surface area contributed by atoms with Gasteiger partial charge >= 0.3 is 0 Å². The molecule has 1 N–H and O–H groups in total. The molecule has 2 heterocycles. The predicted octanol–water partition coefficient (Wildman–Crippen LogP) is 2.98. The summed E-state index contributed by atoms with van der Waals surface area (Å²) in [6.07, 6.45) is 2.35. The number of aromatic nitrogens is 1. The third-order valence-corrected chi connectivity index (χ3v) is 5.47. The number of H-pyrrole nitrogens is 1. The number of rotatable bonds is 3. The Balaban J connectivity index is 1.93. The van der Waals surface area contributed by atoms with E-state index in [1.807, 2.05) is 13.8 Å². The second-order valence-electron chi connectivity index (χ2n) is 7.51. The van der Waals surface area contributed by atoms with Gasteiger partial charge in [-0.3, -0.25) is 9.69 Å². The van der Waals surface area contributed by atoms with E-state index >= 15 is 0 Å². The number of aromatic amines is 1. The Labute approximate surface area is 144 Å². The maximum atomic E-state index is 13.1. The Kier molecular flexibility index (Phi) is 4.79. The molecule has 4 nitrogen and oxygen atoms in total. The fourth-order valence-corrected chi connectivity index (χ4v) is 3.97. The molecule has 0 bridgehead atoms. The Morgan fingerprint density at radius 2 is 1.88 bits per heavy atom. The van der Waals surface area contributed by atoms with Crippen molar-refractivity contribution in [2.75, 3.05) is 27.2 Å². The number of piperidine rings is 1. The van der Waals surface area contributed by atoms with Crippen molar-refractivity contribution in [1.82, 2.24) is 14.8 Å². The molecule has 0 atom stereocenters. The van der Waals surface area contributed by atoms with Gasteiger partial charge in [-0.25, -0.2) is 0 Å². The minimum atomic E-state index is 0.193. The van der Waals surface area contributed by atoms with Gasteiger partial charge in [-0.2, -0.15) is 0 Å². The molecule has 24 heavy (non-hydrogen) atoms. The van der Waals surface area contributed by atoms with E-state index in [-0.39, 0.29) is 5.43 Å². The molecule has 0 aliphatic carbocycles. The van der Waals surface area contributed by atoms with Gasteiger partial charge in [0.05, 0.1) is 5.52 Å². The first-order valence-electron chi connectivity index (χ1n) is 8.88. The second kappa shape index (κ2) is 6.69. The molecule has 1 aromatic heterocycles. The van der Waals surface area contributed by atoms with Gasteiger partial charge in [0, 0.05) is 29.2 Å². The van der Waals surface area contributed by atoms with Gasteiger partial charge < -0.3 is 9.88 Å². The van der Waals surface area contributed by atoms with E-state index in [4.69, 9.17) is 0 Å². The number of aryl methyl sites for hydroxylation is 3. The van der Waals surface area contributed by atoms with E-state index in [2.05, 4.69) is 47.9 Å². The van der Waals surface area contributed by atoms with Crippen LogP contribution in [-0.2, 0) is 6.54 Å². The summed E-state index contributed by atoms with van der Waals surface area (Å²) in [5.74, 6) is 0. The fraction of sp³-hybridized carbons (Fsp3) is 0.550. The van der Waals surface area contributed by atoms with Crippen LogP contribution in [0.3, 0.4) is 0 Å². The van der Waals surface area contributed by atoms with E-state index < -0.39 is 0 Å². The van der Waals surface area contributed by atoms with Crippen molar-refractivity contribution in [3.63, 3.8) is 0 Å². The molecule has 2 aromatic rings. The van der Waals surface area contributed by atoms with Crippen molar-refractivity contribution >= 4 is 10.9 Å². The Hall–Kier alpha value is -1.65. The maximum Gasteiger partial charge on any atom is 0.194 e. The third-order valence-electron chi connectivity index (χ3n) is 5.47. The molecule has 1 aliphatic heterocycles. The topological polar surface area (TPSA) is 39.3 Å². The largest absolute Gasteiger partial charge is 0.358 e. The van der Waals surface area contributed by atoms with Crippen LogP contribution in [-0.4, -0.2) is 48.0 Å². The standard InChI is InChI=1S/C20H29N3O/c1-13-10-14(2)19-18(11-13)21-15(3)17(20(19)24)12-23(5)16-6-8-22(4)9-7-16/h10-11,16H,6-9,12H2,1-5H3,(H,21,24). The van der Waals surface area contributed by atoms with Crippen LogP contribution in [0.2, 0.25) is 0 Å². The molecular weight excluding hydrogens is 298 g/mol. The molecule has 0 radical (unpaired) electrons. The SMILES string of the molecule is Cc1cc(C)c2c(=O)c(CN(C)C3CCN(C)CC3)c(C)[nH]c2c1. The van der Waals surface area contributed by atoms with Crippen molar-refractivity contribution in [3.8, 4) is 0 Å². The summed E-state index contributed by atoms with van der Waals surface area (Å²) in [5, 5.41) is 0.845.